The highest BCUT2D eigenvalue weighted by molar-refractivity contribution is 7.98. The van der Waals surface area contributed by atoms with Gasteiger partial charge in [0.05, 0.1) is 19.3 Å². The molecule has 0 atom stereocenters. The summed E-state index contributed by atoms with van der Waals surface area (Å²) in [4.78, 5) is 20.6. The number of hydrogen-bond donors (Lipinski definition) is 1. The predicted molar refractivity (Wildman–Crippen MR) is 96.4 cm³/mol. The molecule has 0 radical (unpaired) electrons. The Morgan fingerprint density at radius 3 is 2.76 bits per heavy atom. The molecule has 25 heavy (non-hydrogen) atoms. The molecule has 0 saturated heterocycles. The highest BCUT2D eigenvalue weighted by Crippen LogP contribution is 2.23. The quantitative estimate of drug-likeness (QED) is 0.352. The highest BCUT2D eigenvalue weighted by atomic mass is 32.2. The molecule has 0 fully saturated rings. The molecule has 6 nitrogen and oxygen atoms in total. The number of carbonyl (C=O) groups excluding carboxylic acids is 1. The minimum absolute atomic E-state index is 0.222. The van der Waals surface area contributed by atoms with E-state index in [0.717, 1.165) is 11.3 Å². The number of carbonyl (C=O) groups is 1. The van der Waals surface area contributed by atoms with Gasteiger partial charge in [0.15, 0.2) is 5.16 Å². The summed E-state index contributed by atoms with van der Waals surface area (Å²) in [5, 5.41) is 9.83. The second-order valence-electron chi connectivity index (χ2n) is 5.07. The van der Waals surface area contributed by atoms with E-state index in [4.69, 9.17) is 9.47 Å². The first-order valence-corrected chi connectivity index (χ1v) is 8.81. The van der Waals surface area contributed by atoms with Gasteiger partial charge in [-0.1, -0.05) is 36.0 Å². The van der Waals surface area contributed by atoms with Crippen LogP contribution in [0, 0.1) is 6.92 Å². The number of aliphatic hydroxyl groups excluding tert-OH is 1. The van der Waals surface area contributed by atoms with E-state index in [1.54, 1.807) is 12.1 Å². The molecule has 7 heteroatoms. The second-order valence-corrected chi connectivity index (χ2v) is 5.85. The Hall–Kier alpha value is -2.38. The van der Waals surface area contributed by atoms with Crippen LogP contribution in [0.5, 0.6) is 5.88 Å². The van der Waals surface area contributed by atoms with Crippen molar-refractivity contribution in [1.82, 2.24) is 9.97 Å². The van der Waals surface area contributed by atoms with Crippen molar-refractivity contribution in [3.05, 3.63) is 53.2 Å². The second kappa shape index (κ2) is 9.19. The molecule has 0 unspecified atom stereocenters. The summed E-state index contributed by atoms with van der Waals surface area (Å²) >= 11 is 1.44. The van der Waals surface area contributed by atoms with Crippen LogP contribution in [0.4, 0.5) is 0 Å². The molecule has 0 aliphatic rings. The molecule has 2 aromatic rings. The van der Waals surface area contributed by atoms with E-state index in [1.807, 2.05) is 31.4 Å². The molecular weight excluding hydrogens is 340 g/mol. The van der Waals surface area contributed by atoms with Crippen LogP contribution in [-0.4, -0.2) is 41.0 Å². The van der Waals surface area contributed by atoms with Gasteiger partial charge in [-0.3, -0.25) is 0 Å². The number of ether oxygens (including phenoxy) is 2. The lowest BCUT2D eigenvalue weighted by atomic mass is 10.00. The third-order valence-corrected chi connectivity index (χ3v) is 3.92. The first-order chi connectivity index (χ1) is 12.1. The van der Waals surface area contributed by atoms with E-state index < -0.39 is 5.97 Å². The van der Waals surface area contributed by atoms with Crippen LogP contribution in [0.15, 0.2) is 41.6 Å². The molecule has 0 spiro atoms. The number of aromatic nitrogens is 2. The molecule has 1 aromatic carbocycles. The fraction of sp³-hybridized carbons (Fsp3) is 0.278. The van der Waals surface area contributed by atoms with Gasteiger partial charge in [0.1, 0.15) is 6.61 Å². The van der Waals surface area contributed by atoms with E-state index in [1.165, 1.54) is 24.9 Å². The third kappa shape index (κ3) is 5.04. The lowest BCUT2D eigenvalue weighted by Gasteiger charge is -2.13. The molecule has 1 aromatic heterocycles. The number of methoxy groups -OCH3 is 1. The molecule has 132 valence electrons. The first-order valence-electron chi connectivity index (χ1n) is 7.59. The zero-order chi connectivity index (χ0) is 18.2. The molecule has 2 rings (SSSR count). The van der Waals surface area contributed by atoms with Crippen LogP contribution < -0.4 is 4.74 Å². The standard InChI is InChI=1S/C18H20N2O4S/c1-12-10-16(20-18(19-12)25-3)24-11-13-6-4-5-7-14(13)15(8-9-21)17(22)23-2/h4-8,10,21H,9,11H2,1-3H3/b15-8+. The van der Waals surface area contributed by atoms with E-state index in [-0.39, 0.29) is 13.2 Å². The lowest BCUT2D eigenvalue weighted by Crippen LogP contribution is -2.09. The summed E-state index contributed by atoms with van der Waals surface area (Å²) in [7, 11) is 1.31. The zero-order valence-electron chi connectivity index (χ0n) is 14.4. The minimum atomic E-state index is -0.510. The maximum Gasteiger partial charge on any atom is 0.338 e. The van der Waals surface area contributed by atoms with E-state index in [0.29, 0.717) is 22.2 Å². The molecule has 0 aliphatic carbocycles. The Bertz CT molecular complexity index is 777. The molecule has 1 N–H and O–H groups in total. The summed E-state index contributed by atoms with van der Waals surface area (Å²) in [5.41, 5.74) is 2.56. The van der Waals surface area contributed by atoms with Crippen LogP contribution in [0.25, 0.3) is 5.57 Å². The number of aliphatic hydroxyl groups is 1. The molecule has 0 bridgehead atoms. The third-order valence-electron chi connectivity index (χ3n) is 3.38. The first kappa shape index (κ1) is 19.0. The minimum Gasteiger partial charge on any atom is -0.473 e. The summed E-state index contributed by atoms with van der Waals surface area (Å²) in [6.07, 6.45) is 3.32. The summed E-state index contributed by atoms with van der Waals surface area (Å²) in [6.45, 7) is 1.84. The fourth-order valence-electron chi connectivity index (χ4n) is 2.24. The highest BCUT2D eigenvalue weighted by Gasteiger charge is 2.16. The van der Waals surface area contributed by atoms with Crippen LogP contribution in [0.1, 0.15) is 16.8 Å². The number of esters is 1. The monoisotopic (exact) mass is 360 g/mol. The topological polar surface area (TPSA) is 81.5 Å². The number of rotatable bonds is 7. The number of nitrogens with zero attached hydrogens (tertiary/aromatic N) is 2. The normalized spacial score (nSPS) is 11.3. The van der Waals surface area contributed by atoms with Crippen molar-refractivity contribution in [2.45, 2.75) is 18.7 Å². The summed E-state index contributed by atoms with van der Waals surface area (Å²) in [5.74, 6) is -0.0403. The Balaban J connectivity index is 2.28. The van der Waals surface area contributed by atoms with Crippen molar-refractivity contribution < 1.29 is 19.4 Å². The lowest BCUT2D eigenvalue weighted by molar-refractivity contribution is -0.133. The molecule has 0 amide bonds. The van der Waals surface area contributed by atoms with E-state index in [9.17, 15) is 9.90 Å². The maximum atomic E-state index is 12.0. The van der Waals surface area contributed by atoms with Gasteiger partial charge in [-0.2, -0.15) is 4.98 Å². The van der Waals surface area contributed by atoms with E-state index >= 15 is 0 Å². The SMILES string of the molecule is COC(=O)/C(=C/CO)c1ccccc1COc1cc(C)nc(SC)n1. The number of thioether (sulfide) groups is 1. The Morgan fingerprint density at radius 1 is 1.32 bits per heavy atom. The largest absolute Gasteiger partial charge is 0.473 e. The van der Waals surface area contributed by atoms with Crippen molar-refractivity contribution in [3.63, 3.8) is 0 Å². The average Bonchev–Trinajstić information content (AvgIpc) is 2.63. The van der Waals surface area contributed by atoms with Gasteiger partial charge >= 0.3 is 5.97 Å². The van der Waals surface area contributed by atoms with Gasteiger partial charge in [-0.25, -0.2) is 9.78 Å². The molecule has 1 heterocycles. The zero-order valence-corrected chi connectivity index (χ0v) is 15.2. The van der Waals surface area contributed by atoms with Crippen molar-refractivity contribution >= 4 is 23.3 Å². The molecule has 0 aliphatic heterocycles. The van der Waals surface area contributed by atoms with Gasteiger partial charge < -0.3 is 14.6 Å². The van der Waals surface area contributed by atoms with Crippen molar-refractivity contribution in [3.8, 4) is 5.88 Å². The van der Waals surface area contributed by atoms with Crippen molar-refractivity contribution in [2.24, 2.45) is 0 Å². The number of benzene rings is 1. The van der Waals surface area contributed by atoms with Gasteiger partial charge in [0, 0.05) is 11.8 Å². The Morgan fingerprint density at radius 2 is 2.08 bits per heavy atom. The van der Waals surface area contributed by atoms with Gasteiger partial charge in [-0.05, 0) is 30.4 Å². The van der Waals surface area contributed by atoms with Gasteiger partial charge in [-0.15, -0.1) is 0 Å². The number of aryl methyl sites for hydroxylation is 1. The Kier molecular flexibility index (Phi) is 6.97. The van der Waals surface area contributed by atoms with Crippen LogP contribution in [-0.2, 0) is 16.1 Å². The Labute approximate surface area is 150 Å². The smallest absolute Gasteiger partial charge is 0.338 e. The van der Waals surface area contributed by atoms with Gasteiger partial charge in [0.25, 0.3) is 0 Å². The van der Waals surface area contributed by atoms with Crippen molar-refractivity contribution in [1.29, 1.82) is 0 Å². The van der Waals surface area contributed by atoms with Crippen LogP contribution in [0.2, 0.25) is 0 Å². The molecule has 0 saturated carbocycles. The van der Waals surface area contributed by atoms with Gasteiger partial charge in [0.2, 0.25) is 5.88 Å². The summed E-state index contributed by atoms with van der Waals surface area (Å²) in [6, 6.07) is 9.07. The molecular formula is C18H20N2O4S. The number of hydrogen-bond acceptors (Lipinski definition) is 7. The average molecular weight is 360 g/mol. The predicted octanol–water partition coefficient (Wildman–Crippen LogP) is 2.63. The fourth-order valence-corrected chi connectivity index (χ4v) is 2.66. The van der Waals surface area contributed by atoms with Crippen LogP contribution in [0.3, 0.4) is 0 Å². The maximum absolute atomic E-state index is 12.0. The summed E-state index contributed by atoms with van der Waals surface area (Å²) < 4.78 is 10.6. The van der Waals surface area contributed by atoms with E-state index in [2.05, 4.69) is 9.97 Å². The van der Waals surface area contributed by atoms with Crippen molar-refractivity contribution in [2.75, 3.05) is 20.0 Å². The van der Waals surface area contributed by atoms with Crippen LogP contribution >= 0.6 is 11.8 Å².